The molecule has 0 bridgehead atoms. The zero-order valence-corrected chi connectivity index (χ0v) is 5.77. The van der Waals surface area contributed by atoms with Gasteiger partial charge in [0.25, 0.3) is 0 Å². The Bertz CT molecular complexity index is 110. The molecule has 1 saturated carbocycles. The lowest BCUT2D eigenvalue weighted by Crippen LogP contribution is -2.45. The molecule has 1 fully saturated rings. The fraction of sp³-hybridized carbons (Fsp3) is 0.833. The third-order valence-electron chi connectivity index (χ3n) is 1.97. The Balaban J connectivity index is 2.55. The molecule has 3 unspecified atom stereocenters. The summed E-state index contributed by atoms with van der Waals surface area (Å²) in [7, 11) is 0. The molecule has 1 rings (SSSR count). The smallest absolute Gasteiger partial charge is 0.154 e. The maximum absolute atomic E-state index is 10.6. The first kappa shape index (κ1) is 6.09. The van der Waals surface area contributed by atoms with Crippen LogP contribution in [-0.4, -0.2) is 11.2 Å². The first-order chi connectivity index (χ1) is 3.64. The standard InChI is InChI=1S/C6H9ClO/c1-3-4(2)6(8)5(3)7/h3-5H,1-2H3. The van der Waals surface area contributed by atoms with E-state index in [4.69, 9.17) is 11.6 Å². The van der Waals surface area contributed by atoms with Crippen LogP contribution in [0.4, 0.5) is 0 Å². The monoisotopic (exact) mass is 132 g/mol. The highest BCUT2D eigenvalue weighted by atomic mass is 35.5. The summed E-state index contributed by atoms with van der Waals surface area (Å²) in [5.41, 5.74) is 0. The van der Waals surface area contributed by atoms with Gasteiger partial charge in [-0.15, -0.1) is 11.6 Å². The molecule has 0 aromatic rings. The number of carbonyl (C=O) groups excluding carboxylic acids is 1. The Kier molecular flexibility index (Phi) is 1.31. The lowest BCUT2D eigenvalue weighted by Gasteiger charge is -2.34. The van der Waals surface area contributed by atoms with Gasteiger partial charge in [0, 0.05) is 5.92 Å². The van der Waals surface area contributed by atoms with Gasteiger partial charge in [0.1, 0.15) is 0 Å². The molecular formula is C6H9ClO. The van der Waals surface area contributed by atoms with Crippen molar-refractivity contribution in [3.63, 3.8) is 0 Å². The van der Waals surface area contributed by atoms with Crippen LogP contribution >= 0.6 is 11.6 Å². The van der Waals surface area contributed by atoms with Gasteiger partial charge < -0.3 is 0 Å². The van der Waals surface area contributed by atoms with Crippen molar-refractivity contribution >= 4 is 17.4 Å². The van der Waals surface area contributed by atoms with Crippen LogP contribution in [-0.2, 0) is 4.79 Å². The molecule has 0 aromatic carbocycles. The quantitative estimate of drug-likeness (QED) is 0.456. The minimum atomic E-state index is -0.190. The number of Topliss-reactive ketones (excluding diaryl/α,β-unsaturated/α-hetero) is 1. The van der Waals surface area contributed by atoms with Crippen LogP contribution in [0.25, 0.3) is 0 Å². The maximum Gasteiger partial charge on any atom is 0.154 e. The molecule has 0 heterocycles. The Morgan fingerprint density at radius 2 is 2.00 bits per heavy atom. The number of carbonyl (C=O) groups is 1. The van der Waals surface area contributed by atoms with Gasteiger partial charge in [0.05, 0.1) is 5.38 Å². The van der Waals surface area contributed by atoms with Crippen molar-refractivity contribution in [2.75, 3.05) is 0 Å². The lowest BCUT2D eigenvalue weighted by molar-refractivity contribution is -0.131. The Hall–Kier alpha value is -0.0400. The summed E-state index contributed by atoms with van der Waals surface area (Å²) in [5.74, 6) is 0.806. The van der Waals surface area contributed by atoms with Crippen molar-refractivity contribution in [1.82, 2.24) is 0 Å². The molecule has 0 amide bonds. The van der Waals surface area contributed by atoms with Crippen LogP contribution in [0.2, 0.25) is 0 Å². The van der Waals surface area contributed by atoms with Crippen molar-refractivity contribution < 1.29 is 4.79 Å². The van der Waals surface area contributed by atoms with Crippen molar-refractivity contribution in [3.8, 4) is 0 Å². The average molecular weight is 133 g/mol. The Morgan fingerprint density at radius 1 is 1.50 bits per heavy atom. The summed E-state index contributed by atoms with van der Waals surface area (Å²) >= 11 is 5.60. The van der Waals surface area contributed by atoms with E-state index < -0.39 is 0 Å². The third-order valence-corrected chi connectivity index (χ3v) is 2.58. The van der Waals surface area contributed by atoms with E-state index in [-0.39, 0.29) is 17.1 Å². The molecule has 46 valence electrons. The predicted octanol–water partition coefficient (Wildman–Crippen LogP) is 1.45. The van der Waals surface area contributed by atoms with Gasteiger partial charge in [0.15, 0.2) is 5.78 Å². The van der Waals surface area contributed by atoms with Crippen LogP contribution in [0.1, 0.15) is 13.8 Å². The van der Waals surface area contributed by atoms with Gasteiger partial charge in [-0.3, -0.25) is 4.79 Å². The highest BCUT2D eigenvalue weighted by Crippen LogP contribution is 2.33. The zero-order valence-electron chi connectivity index (χ0n) is 5.02. The molecule has 0 N–H and O–H groups in total. The van der Waals surface area contributed by atoms with E-state index in [1.807, 2.05) is 13.8 Å². The second-order valence-corrected chi connectivity index (χ2v) is 2.92. The molecule has 0 aromatic heterocycles. The number of alkyl halides is 1. The lowest BCUT2D eigenvalue weighted by atomic mass is 9.74. The third kappa shape index (κ3) is 0.576. The first-order valence-corrected chi connectivity index (χ1v) is 3.26. The van der Waals surface area contributed by atoms with Crippen molar-refractivity contribution in [3.05, 3.63) is 0 Å². The summed E-state index contributed by atoms with van der Waals surface area (Å²) in [6.45, 7) is 3.93. The van der Waals surface area contributed by atoms with Gasteiger partial charge in [-0.25, -0.2) is 0 Å². The number of ketones is 1. The van der Waals surface area contributed by atoms with E-state index in [1.165, 1.54) is 0 Å². The minimum absolute atomic E-state index is 0.190. The summed E-state index contributed by atoms with van der Waals surface area (Å²) in [5, 5.41) is -0.190. The zero-order chi connectivity index (χ0) is 6.31. The van der Waals surface area contributed by atoms with Crippen molar-refractivity contribution in [2.24, 2.45) is 11.8 Å². The van der Waals surface area contributed by atoms with Crippen LogP contribution in [0.5, 0.6) is 0 Å². The first-order valence-electron chi connectivity index (χ1n) is 2.82. The highest BCUT2D eigenvalue weighted by Gasteiger charge is 2.42. The highest BCUT2D eigenvalue weighted by molar-refractivity contribution is 6.34. The SMILES string of the molecule is CC1C(=O)C(Cl)C1C. The largest absolute Gasteiger partial charge is 0.298 e. The van der Waals surface area contributed by atoms with E-state index >= 15 is 0 Å². The van der Waals surface area contributed by atoms with E-state index in [0.29, 0.717) is 5.92 Å². The van der Waals surface area contributed by atoms with E-state index in [0.717, 1.165) is 0 Å². The number of hydrogen-bond donors (Lipinski definition) is 0. The molecular weight excluding hydrogens is 124 g/mol. The second kappa shape index (κ2) is 1.73. The molecule has 0 aliphatic heterocycles. The molecule has 1 aliphatic carbocycles. The van der Waals surface area contributed by atoms with Crippen LogP contribution < -0.4 is 0 Å². The summed E-state index contributed by atoms with van der Waals surface area (Å²) in [6.07, 6.45) is 0. The van der Waals surface area contributed by atoms with Crippen molar-refractivity contribution in [1.29, 1.82) is 0 Å². The fourth-order valence-electron chi connectivity index (χ4n) is 0.904. The van der Waals surface area contributed by atoms with Gasteiger partial charge >= 0.3 is 0 Å². The molecule has 8 heavy (non-hydrogen) atoms. The topological polar surface area (TPSA) is 17.1 Å². The van der Waals surface area contributed by atoms with Crippen LogP contribution in [0.3, 0.4) is 0 Å². The van der Waals surface area contributed by atoms with Crippen molar-refractivity contribution in [2.45, 2.75) is 19.2 Å². The minimum Gasteiger partial charge on any atom is -0.298 e. The van der Waals surface area contributed by atoms with Gasteiger partial charge in [-0.1, -0.05) is 13.8 Å². The number of hydrogen-bond acceptors (Lipinski definition) is 1. The molecule has 2 heteroatoms. The molecule has 1 nitrogen and oxygen atoms in total. The van der Waals surface area contributed by atoms with E-state index in [2.05, 4.69) is 0 Å². The van der Waals surface area contributed by atoms with Crippen LogP contribution in [0, 0.1) is 11.8 Å². The summed E-state index contributed by atoms with van der Waals surface area (Å²) in [4.78, 5) is 10.6. The summed E-state index contributed by atoms with van der Waals surface area (Å²) in [6, 6.07) is 0. The van der Waals surface area contributed by atoms with Gasteiger partial charge in [-0.2, -0.15) is 0 Å². The summed E-state index contributed by atoms with van der Waals surface area (Å²) < 4.78 is 0. The maximum atomic E-state index is 10.6. The normalized spacial score (nSPS) is 46.4. The molecule has 0 radical (unpaired) electrons. The average Bonchev–Trinajstić information content (AvgIpc) is 1.83. The van der Waals surface area contributed by atoms with Gasteiger partial charge in [-0.05, 0) is 5.92 Å². The molecule has 0 saturated heterocycles. The Labute approximate surface area is 54.0 Å². The molecule has 3 atom stereocenters. The van der Waals surface area contributed by atoms with Gasteiger partial charge in [0.2, 0.25) is 0 Å². The fourth-order valence-corrected chi connectivity index (χ4v) is 1.32. The Morgan fingerprint density at radius 3 is 2.12 bits per heavy atom. The second-order valence-electron chi connectivity index (χ2n) is 2.45. The van der Waals surface area contributed by atoms with Crippen LogP contribution in [0.15, 0.2) is 0 Å². The predicted molar refractivity (Wildman–Crippen MR) is 33.0 cm³/mol. The number of rotatable bonds is 0. The number of halogens is 1. The van der Waals surface area contributed by atoms with E-state index in [1.54, 1.807) is 0 Å². The molecule has 1 aliphatic rings. The van der Waals surface area contributed by atoms with E-state index in [9.17, 15) is 4.79 Å². The molecule has 0 spiro atoms.